The van der Waals surface area contributed by atoms with Crippen LogP contribution >= 0.6 is 0 Å². The third-order valence-electron chi connectivity index (χ3n) is 1.82. The molecular weight excluding hydrogens is 207 g/mol. The molecule has 14 heavy (non-hydrogen) atoms. The molecule has 8 heteroatoms. The number of carbonyl (C=O) groups excluding carboxylic acids is 1. The Labute approximate surface area is 101 Å². The fourth-order valence-corrected chi connectivity index (χ4v) is 1.06. The average Bonchev–Trinajstić information content (AvgIpc) is 2.07. The van der Waals surface area contributed by atoms with Crippen molar-refractivity contribution in [3.05, 3.63) is 0 Å². The maximum absolute atomic E-state index is 10.3. The predicted molar refractivity (Wildman–Crippen MR) is 33.9 cm³/mol. The van der Waals surface area contributed by atoms with E-state index in [0.29, 0.717) is 0 Å². The van der Waals surface area contributed by atoms with Crippen molar-refractivity contribution in [3.63, 3.8) is 0 Å². The van der Waals surface area contributed by atoms with Gasteiger partial charge in [0, 0.05) is 0 Å². The number of carboxylic acids is 1. The van der Waals surface area contributed by atoms with E-state index in [9.17, 15) is 9.90 Å². The Morgan fingerprint density at radius 1 is 1.07 bits per heavy atom. The van der Waals surface area contributed by atoms with Crippen molar-refractivity contribution in [3.8, 4) is 0 Å². The van der Waals surface area contributed by atoms with Gasteiger partial charge in [-0.1, -0.05) is 0 Å². The molecule has 1 fully saturated rings. The van der Waals surface area contributed by atoms with Gasteiger partial charge in [-0.3, -0.25) is 0 Å². The topological polar surface area (TPSA) is 130 Å². The summed E-state index contributed by atoms with van der Waals surface area (Å²) in [6.07, 6.45) is -9.00. The molecule has 0 amide bonds. The SMILES string of the molecule is O=C([O-])C1OC(O)C(O)[C@@H](O)[C@H]1O.[Na+]. The summed E-state index contributed by atoms with van der Waals surface area (Å²) in [6, 6.07) is 0. The van der Waals surface area contributed by atoms with Crippen molar-refractivity contribution in [1.82, 2.24) is 0 Å². The summed E-state index contributed by atoms with van der Waals surface area (Å²) < 4.78 is 4.28. The number of carbonyl (C=O) groups is 1. The first-order valence-corrected chi connectivity index (χ1v) is 3.53. The van der Waals surface area contributed by atoms with Gasteiger partial charge in [0.15, 0.2) is 6.29 Å². The van der Waals surface area contributed by atoms with Gasteiger partial charge in [-0.15, -0.1) is 0 Å². The van der Waals surface area contributed by atoms with Gasteiger partial charge in [0.25, 0.3) is 0 Å². The summed E-state index contributed by atoms with van der Waals surface area (Å²) in [5.41, 5.74) is 0. The summed E-state index contributed by atoms with van der Waals surface area (Å²) in [6.45, 7) is 0. The van der Waals surface area contributed by atoms with Crippen LogP contribution < -0.4 is 34.7 Å². The molecule has 76 valence electrons. The Hall–Kier alpha value is 0.270. The maximum Gasteiger partial charge on any atom is 1.00 e. The smallest absolute Gasteiger partial charge is 0.547 e. The van der Waals surface area contributed by atoms with E-state index in [0.717, 1.165) is 0 Å². The zero-order valence-electron chi connectivity index (χ0n) is 7.40. The van der Waals surface area contributed by atoms with Crippen molar-refractivity contribution < 1.29 is 64.6 Å². The molecule has 0 aromatic rings. The van der Waals surface area contributed by atoms with Crippen LogP contribution in [0.5, 0.6) is 0 Å². The van der Waals surface area contributed by atoms with Crippen LogP contribution in [0.3, 0.4) is 0 Å². The summed E-state index contributed by atoms with van der Waals surface area (Å²) in [5.74, 6) is -1.77. The first kappa shape index (κ1) is 14.3. The minimum absolute atomic E-state index is 0. The molecule has 0 aromatic carbocycles. The Bertz CT molecular complexity index is 210. The van der Waals surface area contributed by atoms with Gasteiger partial charge in [0.1, 0.15) is 24.4 Å². The number of hydrogen-bond donors (Lipinski definition) is 4. The van der Waals surface area contributed by atoms with E-state index in [4.69, 9.17) is 20.4 Å². The molecule has 0 bridgehead atoms. The number of carboxylic acid groups (broad SMARTS) is 1. The predicted octanol–water partition coefficient (Wildman–Crippen LogP) is -7.46. The van der Waals surface area contributed by atoms with Crippen LogP contribution in [0.15, 0.2) is 0 Å². The molecule has 0 saturated carbocycles. The third kappa shape index (κ3) is 2.65. The maximum atomic E-state index is 10.3. The summed E-state index contributed by atoms with van der Waals surface area (Å²) in [4.78, 5) is 10.3. The second-order valence-corrected chi connectivity index (χ2v) is 2.74. The molecule has 5 atom stereocenters. The van der Waals surface area contributed by atoms with E-state index in [1.165, 1.54) is 0 Å². The van der Waals surface area contributed by atoms with Crippen molar-refractivity contribution in [2.45, 2.75) is 30.7 Å². The van der Waals surface area contributed by atoms with E-state index in [1.807, 2.05) is 0 Å². The molecule has 1 rings (SSSR count). The van der Waals surface area contributed by atoms with Crippen molar-refractivity contribution >= 4 is 5.97 Å². The quantitative estimate of drug-likeness (QED) is 0.320. The van der Waals surface area contributed by atoms with Gasteiger partial charge in [0.2, 0.25) is 0 Å². The number of ether oxygens (including phenoxy) is 1. The summed E-state index contributed by atoms with van der Waals surface area (Å²) >= 11 is 0. The number of aliphatic hydroxyl groups excluding tert-OH is 4. The minimum atomic E-state index is -1.85. The number of rotatable bonds is 1. The zero-order valence-corrected chi connectivity index (χ0v) is 9.40. The molecule has 7 nitrogen and oxygen atoms in total. The number of aliphatic carboxylic acids is 1. The van der Waals surface area contributed by atoms with Crippen LogP contribution in [0.25, 0.3) is 0 Å². The van der Waals surface area contributed by atoms with E-state index in [2.05, 4.69) is 4.74 Å². The number of hydrogen-bond acceptors (Lipinski definition) is 7. The van der Waals surface area contributed by atoms with Crippen LogP contribution in [0.4, 0.5) is 0 Å². The average molecular weight is 216 g/mol. The Balaban J connectivity index is 0.00000169. The van der Waals surface area contributed by atoms with Crippen LogP contribution in [-0.4, -0.2) is 57.1 Å². The summed E-state index contributed by atoms with van der Waals surface area (Å²) in [7, 11) is 0. The standard InChI is InChI=1S/C6H10O7.Na/c7-1-2(8)4(5(10)11)13-6(12)3(1)9;/h1-4,6-9,12H,(H,10,11);/q;+1/p-1/t1-,2+,3?,4?,6?;/m0./s1. The first-order valence-electron chi connectivity index (χ1n) is 3.53. The minimum Gasteiger partial charge on any atom is -0.547 e. The summed E-state index contributed by atoms with van der Waals surface area (Å²) in [5, 5.41) is 46.1. The zero-order chi connectivity index (χ0) is 10.2. The largest absolute Gasteiger partial charge is 1.00 e. The normalized spacial score (nSPS) is 42.7. The van der Waals surface area contributed by atoms with Gasteiger partial charge in [-0.05, 0) is 0 Å². The molecule has 0 aliphatic carbocycles. The fraction of sp³-hybridized carbons (Fsp3) is 0.833. The van der Waals surface area contributed by atoms with E-state index in [1.54, 1.807) is 0 Å². The third-order valence-corrected chi connectivity index (χ3v) is 1.82. The second kappa shape index (κ2) is 5.38. The molecule has 4 N–H and O–H groups in total. The Kier molecular flexibility index (Phi) is 5.48. The second-order valence-electron chi connectivity index (χ2n) is 2.74. The molecule has 0 spiro atoms. The molecule has 1 saturated heterocycles. The van der Waals surface area contributed by atoms with Gasteiger partial charge in [-0.25, -0.2) is 0 Å². The first-order chi connectivity index (χ1) is 5.95. The van der Waals surface area contributed by atoms with Gasteiger partial charge >= 0.3 is 29.6 Å². The molecular formula is C6H9NaO7. The Morgan fingerprint density at radius 3 is 2.00 bits per heavy atom. The van der Waals surface area contributed by atoms with Gasteiger partial charge < -0.3 is 35.1 Å². The fourth-order valence-electron chi connectivity index (χ4n) is 1.06. The van der Waals surface area contributed by atoms with Gasteiger partial charge in [0.05, 0.1) is 5.97 Å². The monoisotopic (exact) mass is 216 g/mol. The molecule has 3 unspecified atom stereocenters. The van der Waals surface area contributed by atoms with E-state index >= 15 is 0 Å². The van der Waals surface area contributed by atoms with Crippen LogP contribution in [0.1, 0.15) is 0 Å². The molecule has 0 aromatic heterocycles. The molecule has 0 radical (unpaired) electrons. The van der Waals surface area contributed by atoms with Crippen molar-refractivity contribution in [1.29, 1.82) is 0 Å². The molecule has 1 heterocycles. The molecule has 1 aliphatic rings. The van der Waals surface area contributed by atoms with Crippen molar-refractivity contribution in [2.75, 3.05) is 0 Å². The van der Waals surface area contributed by atoms with Crippen LogP contribution in [0, 0.1) is 0 Å². The van der Waals surface area contributed by atoms with E-state index in [-0.39, 0.29) is 29.6 Å². The number of aliphatic hydroxyl groups is 4. The molecule has 1 aliphatic heterocycles. The van der Waals surface area contributed by atoms with Gasteiger partial charge in [-0.2, -0.15) is 0 Å². The van der Waals surface area contributed by atoms with Crippen molar-refractivity contribution in [2.24, 2.45) is 0 Å². The van der Waals surface area contributed by atoms with Crippen LogP contribution in [-0.2, 0) is 9.53 Å². The van der Waals surface area contributed by atoms with Crippen LogP contribution in [0.2, 0.25) is 0 Å². The van der Waals surface area contributed by atoms with E-state index < -0.39 is 36.7 Å². The Morgan fingerprint density at radius 2 is 1.57 bits per heavy atom.